The van der Waals surface area contributed by atoms with E-state index in [1.54, 1.807) is 45.9 Å². The van der Waals surface area contributed by atoms with Gasteiger partial charge in [-0.05, 0) is 50.8 Å². The Kier molecular flexibility index (Phi) is 12.7. The summed E-state index contributed by atoms with van der Waals surface area (Å²) in [5.74, 6) is -1.58. The molecule has 0 aromatic heterocycles. The minimum absolute atomic E-state index is 0.0343. The van der Waals surface area contributed by atoms with E-state index >= 15 is 0 Å². The zero-order chi connectivity index (χ0) is 30.7. The van der Waals surface area contributed by atoms with Gasteiger partial charge in [0.25, 0.3) is 0 Å². The molecule has 1 saturated heterocycles. The normalized spacial score (nSPS) is 17.5. The van der Waals surface area contributed by atoms with Gasteiger partial charge in [0.15, 0.2) is 11.5 Å². The summed E-state index contributed by atoms with van der Waals surface area (Å²) >= 11 is 0. The number of ether oxygens (including phenoxy) is 4. The topological polar surface area (TPSA) is 153 Å². The van der Waals surface area contributed by atoms with Crippen LogP contribution in [0.2, 0.25) is 0 Å². The number of nitrogens with zero attached hydrogens (tertiary/aromatic N) is 1. The molecule has 1 aliphatic rings. The fourth-order valence-electron chi connectivity index (χ4n) is 4.37. The van der Waals surface area contributed by atoms with Crippen molar-refractivity contribution in [3.63, 3.8) is 0 Å². The van der Waals surface area contributed by atoms with Gasteiger partial charge >= 0.3 is 12.1 Å². The number of aliphatic carboxylic acids is 1. The van der Waals surface area contributed by atoms with Crippen molar-refractivity contribution in [2.75, 3.05) is 27.4 Å². The van der Waals surface area contributed by atoms with Gasteiger partial charge in [-0.1, -0.05) is 26.3 Å². The number of hydrogen-bond acceptors (Lipinski definition) is 8. The van der Waals surface area contributed by atoms with Crippen molar-refractivity contribution in [3.05, 3.63) is 23.8 Å². The highest BCUT2D eigenvalue weighted by molar-refractivity contribution is 5.90. The third kappa shape index (κ3) is 10.4. The van der Waals surface area contributed by atoms with Gasteiger partial charge in [-0.15, -0.1) is 0 Å². The number of benzene rings is 1. The number of carboxylic acids is 1. The lowest BCUT2D eigenvalue weighted by molar-refractivity contribution is -0.143. The van der Waals surface area contributed by atoms with Crippen LogP contribution >= 0.6 is 0 Å². The Morgan fingerprint density at radius 3 is 2.39 bits per heavy atom. The van der Waals surface area contributed by atoms with E-state index < -0.39 is 47.8 Å². The van der Waals surface area contributed by atoms with Gasteiger partial charge in [0, 0.05) is 25.8 Å². The van der Waals surface area contributed by atoms with Crippen molar-refractivity contribution < 1.29 is 43.2 Å². The Morgan fingerprint density at radius 2 is 1.80 bits per heavy atom. The van der Waals surface area contributed by atoms with Crippen LogP contribution < -0.4 is 20.1 Å². The maximum absolute atomic E-state index is 13.3. The van der Waals surface area contributed by atoms with Crippen molar-refractivity contribution in [2.24, 2.45) is 5.92 Å². The minimum Gasteiger partial charge on any atom is -0.493 e. The molecule has 3 N–H and O–H groups in total. The molecule has 0 aliphatic carbocycles. The number of amides is 3. The van der Waals surface area contributed by atoms with E-state index in [1.165, 1.54) is 19.1 Å². The van der Waals surface area contributed by atoms with Gasteiger partial charge in [-0.2, -0.15) is 0 Å². The summed E-state index contributed by atoms with van der Waals surface area (Å²) in [6, 6.07) is 2.95. The molecule has 1 heterocycles. The summed E-state index contributed by atoms with van der Waals surface area (Å²) in [5, 5.41) is 15.0. The number of carbonyl (C=O) groups excluding carboxylic acids is 3. The third-order valence-electron chi connectivity index (χ3n) is 6.76. The predicted molar refractivity (Wildman–Crippen MR) is 151 cm³/mol. The van der Waals surface area contributed by atoms with Crippen LogP contribution in [0.25, 0.3) is 0 Å². The van der Waals surface area contributed by atoms with Crippen molar-refractivity contribution in [1.29, 1.82) is 0 Å². The molecule has 0 bridgehead atoms. The molecule has 2 rings (SSSR count). The number of hydrogen-bond donors (Lipinski definition) is 3. The first-order valence-electron chi connectivity index (χ1n) is 13.9. The largest absolute Gasteiger partial charge is 0.493 e. The SMILES string of the molecule is CC[C@H](C)[C@H](NC(=O)[C@H](Cc1ccc(OC)c(OC)c1)NC(=O)CCC1OCCCN1C(=O)OC(C)(C)C)C(=O)O. The Balaban J connectivity index is 2.18. The Hall–Kier alpha value is -3.54. The van der Waals surface area contributed by atoms with Gasteiger partial charge in [0.2, 0.25) is 11.8 Å². The van der Waals surface area contributed by atoms with Gasteiger partial charge in [-0.25, -0.2) is 9.59 Å². The molecule has 12 nitrogen and oxygen atoms in total. The van der Waals surface area contributed by atoms with Gasteiger partial charge < -0.3 is 34.7 Å². The number of rotatable bonds is 13. The van der Waals surface area contributed by atoms with Gasteiger partial charge in [0.05, 0.1) is 20.8 Å². The molecule has 0 radical (unpaired) electrons. The second-order valence-corrected chi connectivity index (χ2v) is 11.1. The third-order valence-corrected chi connectivity index (χ3v) is 6.76. The van der Waals surface area contributed by atoms with Crippen LogP contribution in [0.15, 0.2) is 18.2 Å². The zero-order valence-corrected chi connectivity index (χ0v) is 25.2. The molecule has 4 atom stereocenters. The van der Waals surface area contributed by atoms with Crippen LogP contribution in [0, 0.1) is 5.92 Å². The number of carboxylic acid groups (broad SMARTS) is 1. The molecule has 1 unspecified atom stereocenters. The molecule has 230 valence electrons. The molecule has 1 fully saturated rings. The van der Waals surface area contributed by atoms with Crippen LogP contribution in [0.1, 0.15) is 65.9 Å². The van der Waals surface area contributed by atoms with Crippen LogP contribution in [-0.2, 0) is 30.3 Å². The predicted octanol–water partition coefficient (Wildman–Crippen LogP) is 3.11. The van der Waals surface area contributed by atoms with E-state index in [0.29, 0.717) is 43.1 Å². The molecule has 0 spiro atoms. The van der Waals surface area contributed by atoms with Crippen molar-refractivity contribution >= 4 is 23.9 Å². The molecular formula is C29H45N3O9. The highest BCUT2D eigenvalue weighted by Gasteiger charge is 2.33. The van der Waals surface area contributed by atoms with E-state index in [1.807, 2.05) is 6.92 Å². The average Bonchev–Trinajstić information content (AvgIpc) is 2.92. The zero-order valence-electron chi connectivity index (χ0n) is 25.2. The van der Waals surface area contributed by atoms with Crippen LogP contribution in [0.4, 0.5) is 4.79 Å². The highest BCUT2D eigenvalue weighted by Crippen LogP contribution is 2.28. The van der Waals surface area contributed by atoms with Crippen molar-refractivity contribution in [2.45, 2.75) is 90.6 Å². The first-order valence-corrected chi connectivity index (χ1v) is 13.9. The second-order valence-electron chi connectivity index (χ2n) is 11.1. The number of methoxy groups -OCH3 is 2. The maximum atomic E-state index is 13.3. The Bertz CT molecular complexity index is 1060. The van der Waals surface area contributed by atoms with E-state index in [0.717, 1.165) is 0 Å². The molecule has 1 aromatic rings. The monoisotopic (exact) mass is 579 g/mol. The lowest BCUT2D eigenvalue weighted by Crippen LogP contribution is -2.54. The second kappa shape index (κ2) is 15.5. The van der Waals surface area contributed by atoms with E-state index in [4.69, 9.17) is 18.9 Å². The van der Waals surface area contributed by atoms with Crippen LogP contribution in [0.3, 0.4) is 0 Å². The lowest BCUT2D eigenvalue weighted by atomic mass is 9.98. The average molecular weight is 580 g/mol. The Morgan fingerprint density at radius 1 is 1.12 bits per heavy atom. The summed E-state index contributed by atoms with van der Waals surface area (Å²) < 4.78 is 21.9. The summed E-state index contributed by atoms with van der Waals surface area (Å²) in [4.78, 5) is 52.4. The number of carbonyl (C=O) groups is 4. The summed E-state index contributed by atoms with van der Waals surface area (Å²) in [6.45, 7) is 9.79. The fourth-order valence-corrected chi connectivity index (χ4v) is 4.37. The molecular weight excluding hydrogens is 534 g/mol. The first kappa shape index (κ1) is 33.7. The molecule has 1 aliphatic heterocycles. The van der Waals surface area contributed by atoms with Crippen LogP contribution in [-0.4, -0.2) is 85.2 Å². The summed E-state index contributed by atoms with van der Waals surface area (Å²) in [7, 11) is 3.00. The standard InChI is InChI=1S/C29H45N3O9/c1-8-18(2)25(27(35)36)31-26(34)20(16-19-10-11-21(38-6)22(17-19)39-7)30-23(33)12-13-24-32(14-9-15-40-24)28(37)41-29(3,4)5/h10-11,17-18,20,24-25H,8-9,12-16H2,1-7H3,(H,30,33)(H,31,34)(H,35,36)/t18-,20-,24?,25-/m0/s1. The summed E-state index contributed by atoms with van der Waals surface area (Å²) in [5.41, 5.74) is -0.00482. The quantitative estimate of drug-likeness (QED) is 0.320. The van der Waals surface area contributed by atoms with Gasteiger partial charge in [0.1, 0.15) is 23.9 Å². The minimum atomic E-state index is -1.15. The smallest absolute Gasteiger partial charge is 0.412 e. The molecule has 12 heteroatoms. The van der Waals surface area contributed by atoms with Crippen LogP contribution in [0.5, 0.6) is 11.5 Å². The van der Waals surface area contributed by atoms with E-state index in [9.17, 15) is 24.3 Å². The van der Waals surface area contributed by atoms with E-state index in [-0.39, 0.29) is 25.2 Å². The van der Waals surface area contributed by atoms with Crippen molar-refractivity contribution in [3.8, 4) is 11.5 Å². The van der Waals surface area contributed by atoms with Crippen molar-refractivity contribution in [1.82, 2.24) is 15.5 Å². The van der Waals surface area contributed by atoms with Gasteiger partial charge in [-0.3, -0.25) is 14.5 Å². The highest BCUT2D eigenvalue weighted by atomic mass is 16.6. The molecule has 1 aromatic carbocycles. The molecule has 3 amide bonds. The molecule has 41 heavy (non-hydrogen) atoms. The lowest BCUT2D eigenvalue weighted by Gasteiger charge is -2.36. The first-order chi connectivity index (χ1) is 19.3. The number of nitrogens with one attached hydrogen (secondary N) is 2. The fraction of sp³-hybridized carbons (Fsp3) is 0.655. The van der Waals surface area contributed by atoms with E-state index in [2.05, 4.69) is 10.6 Å². The molecule has 0 saturated carbocycles. The summed E-state index contributed by atoms with van der Waals surface area (Å²) in [6.07, 6.45) is 0.265. The Labute approximate surface area is 242 Å². The maximum Gasteiger partial charge on any atom is 0.412 e.